The molecule has 0 aliphatic rings. The van der Waals surface area contributed by atoms with E-state index in [2.05, 4.69) is 15.3 Å². The second kappa shape index (κ2) is 8.34. The van der Waals surface area contributed by atoms with Gasteiger partial charge in [-0.15, -0.1) is 0 Å². The first-order chi connectivity index (χ1) is 14.5. The van der Waals surface area contributed by atoms with Crippen molar-refractivity contribution in [2.24, 2.45) is 0 Å². The highest BCUT2D eigenvalue weighted by atomic mass is 32.2. The highest BCUT2D eigenvalue weighted by molar-refractivity contribution is 8.00. The summed E-state index contributed by atoms with van der Waals surface area (Å²) < 4.78 is 5.41. The molecular formula is C21H16N4O4S. The van der Waals surface area contributed by atoms with Gasteiger partial charge in [0, 0.05) is 23.2 Å². The molecule has 0 aliphatic carbocycles. The number of rotatable bonds is 6. The van der Waals surface area contributed by atoms with Crippen molar-refractivity contribution in [2.75, 3.05) is 11.1 Å². The Kier molecular flexibility index (Phi) is 5.44. The zero-order chi connectivity index (χ0) is 21.1. The van der Waals surface area contributed by atoms with Crippen molar-refractivity contribution in [3.63, 3.8) is 0 Å². The molecule has 0 bridgehead atoms. The largest absolute Gasteiger partial charge is 0.461 e. The van der Waals surface area contributed by atoms with Crippen LogP contribution in [0, 0.1) is 17.0 Å². The molecule has 30 heavy (non-hydrogen) atoms. The first-order valence-electron chi connectivity index (χ1n) is 8.99. The van der Waals surface area contributed by atoms with Gasteiger partial charge in [0.15, 0.2) is 11.6 Å². The Morgan fingerprint density at radius 3 is 2.73 bits per heavy atom. The number of nitrogens with one attached hydrogen (secondary N) is 1. The summed E-state index contributed by atoms with van der Waals surface area (Å²) in [5, 5.41) is 15.2. The third kappa shape index (κ3) is 4.15. The number of anilines is 1. The number of carbonyl (C=O) groups excluding carboxylic acids is 1. The number of aryl methyl sites for hydroxylation is 1. The van der Waals surface area contributed by atoms with Gasteiger partial charge in [0.05, 0.1) is 22.5 Å². The second-order valence-corrected chi connectivity index (χ2v) is 7.40. The molecule has 4 rings (SSSR count). The third-order valence-electron chi connectivity index (χ3n) is 4.34. The van der Waals surface area contributed by atoms with E-state index in [1.54, 1.807) is 25.3 Å². The van der Waals surface area contributed by atoms with Crippen molar-refractivity contribution in [3.8, 4) is 11.6 Å². The van der Waals surface area contributed by atoms with E-state index in [1.807, 2.05) is 24.3 Å². The number of nitro groups is 1. The molecule has 0 fully saturated rings. The second-order valence-electron chi connectivity index (χ2n) is 6.44. The number of thioether (sulfide) groups is 1. The molecule has 0 unspecified atom stereocenters. The molecule has 2 heterocycles. The lowest BCUT2D eigenvalue weighted by Gasteiger charge is -2.09. The Morgan fingerprint density at radius 2 is 2.00 bits per heavy atom. The molecule has 0 spiro atoms. The van der Waals surface area contributed by atoms with E-state index >= 15 is 0 Å². The van der Waals surface area contributed by atoms with Crippen molar-refractivity contribution in [2.45, 2.75) is 11.9 Å². The predicted octanol–water partition coefficient (Wildman–Crippen LogP) is 4.84. The van der Waals surface area contributed by atoms with Crippen LogP contribution in [-0.2, 0) is 4.79 Å². The molecule has 150 valence electrons. The number of hydrogen-bond donors (Lipinski definition) is 1. The Bertz CT molecular complexity index is 1240. The fourth-order valence-electron chi connectivity index (χ4n) is 2.90. The summed E-state index contributed by atoms with van der Waals surface area (Å²) in [6.07, 6.45) is 1.56. The van der Waals surface area contributed by atoms with Crippen LogP contribution in [-0.4, -0.2) is 26.6 Å². The molecule has 2 aromatic heterocycles. The standard InChI is InChI=1S/C21H16N4O4S/c1-13-11-14(25(27)28)8-9-16(13)22-19(26)12-30-21-15-5-2-3-6-17(15)23-20(24-21)18-7-4-10-29-18/h2-11H,12H2,1H3,(H,22,26). The summed E-state index contributed by atoms with van der Waals surface area (Å²) >= 11 is 1.29. The average Bonchev–Trinajstić information content (AvgIpc) is 3.28. The number of fused-ring (bicyclic) bond motifs is 1. The minimum atomic E-state index is -0.467. The minimum absolute atomic E-state index is 0.0159. The number of non-ortho nitro benzene ring substituents is 1. The molecular weight excluding hydrogens is 404 g/mol. The molecule has 0 atom stereocenters. The number of furan rings is 1. The van der Waals surface area contributed by atoms with Gasteiger partial charge in [-0.2, -0.15) is 0 Å². The summed E-state index contributed by atoms with van der Waals surface area (Å²) in [5.74, 6) is 0.884. The maximum atomic E-state index is 12.5. The summed E-state index contributed by atoms with van der Waals surface area (Å²) in [7, 11) is 0. The summed E-state index contributed by atoms with van der Waals surface area (Å²) in [4.78, 5) is 32.0. The zero-order valence-corrected chi connectivity index (χ0v) is 16.7. The lowest BCUT2D eigenvalue weighted by Crippen LogP contribution is -2.15. The van der Waals surface area contributed by atoms with E-state index in [1.165, 1.54) is 30.0 Å². The normalized spacial score (nSPS) is 10.8. The van der Waals surface area contributed by atoms with Gasteiger partial charge in [-0.25, -0.2) is 9.97 Å². The van der Waals surface area contributed by atoms with Crippen LogP contribution in [0.15, 0.2) is 70.3 Å². The molecule has 0 radical (unpaired) electrons. The van der Waals surface area contributed by atoms with Crippen LogP contribution in [0.2, 0.25) is 0 Å². The highest BCUT2D eigenvalue weighted by Gasteiger charge is 2.14. The lowest BCUT2D eigenvalue weighted by molar-refractivity contribution is -0.384. The Balaban J connectivity index is 1.53. The number of aromatic nitrogens is 2. The van der Waals surface area contributed by atoms with Crippen LogP contribution in [0.3, 0.4) is 0 Å². The number of nitrogens with zero attached hydrogens (tertiary/aromatic N) is 3. The molecule has 1 amide bonds. The summed E-state index contributed by atoms with van der Waals surface area (Å²) in [6.45, 7) is 1.71. The SMILES string of the molecule is Cc1cc([N+](=O)[O-])ccc1NC(=O)CSc1nc(-c2ccco2)nc2ccccc12. The topological polar surface area (TPSA) is 111 Å². The molecule has 9 heteroatoms. The first kappa shape index (κ1) is 19.6. The zero-order valence-electron chi connectivity index (χ0n) is 15.9. The minimum Gasteiger partial charge on any atom is -0.461 e. The van der Waals surface area contributed by atoms with E-state index in [9.17, 15) is 14.9 Å². The lowest BCUT2D eigenvalue weighted by atomic mass is 10.2. The van der Waals surface area contributed by atoms with E-state index < -0.39 is 4.92 Å². The van der Waals surface area contributed by atoms with E-state index in [4.69, 9.17) is 4.42 Å². The summed E-state index contributed by atoms with van der Waals surface area (Å²) in [5.41, 5.74) is 1.90. The van der Waals surface area contributed by atoms with Gasteiger partial charge in [-0.1, -0.05) is 30.0 Å². The fourth-order valence-corrected chi connectivity index (χ4v) is 3.71. The smallest absolute Gasteiger partial charge is 0.269 e. The van der Waals surface area contributed by atoms with Crippen molar-refractivity contribution in [1.82, 2.24) is 9.97 Å². The molecule has 0 aliphatic heterocycles. The van der Waals surface area contributed by atoms with Crippen LogP contribution in [0.4, 0.5) is 11.4 Å². The van der Waals surface area contributed by atoms with Crippen molar-refractivity contribution >= 4 is 39.9 Å². The molecule has 1 N–H and O–H groups in total. The van der Waals surface area contributed by atoms with Crippen molar-refractivity contribution < 1.29 is 14.1 Å². The van der Waals surface area contributed by atoms with Crippen molar-refractivity contribution in [1.29, 1.82) is 0 Å². The molecule has 0 saturated heterocycles. The predicted molar refractivity (Wildman–Crippen MR) is 114 cm³/mol. The van der Waals surface area contributed by atoms with Gasteiger partial charge in [0.2, 0.25) is 5.91 Å². The molecule has 2 aromatic carbocycles. The number of nitro benzene ring substituents is 1. The highest BCUT2D eigenvalue weighted by Crippen LogP contribution is 2.29. The van der Waals surface area contributed by atoms with Crippen LogP contribution >= 0.6 is 11.8 Å². The maximum Gasteiger partial charge on any atom is 0.269 e. The van der Waals surface area contributed by atoms with Crippen LogP contribution in [0.1, 0.15) is 5.56 Å². The fraction of sp³-hybridized carbons (Fsp3) is 0.0952. The Morgan fingerprint density at radius 1 is 1.17 bits per heavy atom. The average molecular weight is 420 g/mol. The Labute approximate surface area is 175 Å². The van der Waals surface area contributed by atoms with Gasteiger partial charge in [0.25, 0.3) is 5.69 Å². The number of para-hydroxylation sites is 1. The van der Waals surface area contributed by atoms with E-state index in [0.717, 1.165) is 10.9 Å². The molecule has 8 nitrogen and oxygen atoms in total. The number of carbonyl (C=O) groups is 1. The first-order valence-corrected chi connectivity index (χ1v) is 9.98. The summed E-state index contributed by atoms with van der Waals surface area (Å²) in [6, 6.07) is 15.4. The molecule has 0 saturated carbocycles. The van der Waals surface area contributed by atoms with Crippen LogP contribution in [0.25, 0.3) is 22.5 Å². The number of amides is 1. The molecule has 4 aromatic rings. The van der Waals surface area contributed by atoms with Crippen molar-refractivity contribution in [3.05, 3.63) is 76.5 Å². The Hall–Kier alpha value is -3.72. The third-order valence-corrected chi connectivity index (χ3v) is 5.34. The van der Waals surface area contributed by atoms with Gasteiger partial charge in [-0.05, 0) is 36.8 Å². The van der Waals surface area contributed by atoms with Gasteiger partial charge in [-0.3, -0.25) is 14.9 Å². The van der Waals surface area contributed by atoms with Gasteiger partial charge >= 0.3 is 0 Å². The van der Waals surface area contributed by atoms with Gasteiger partial charge in [0.1, 0.15) is 5.03 Å². The van der Waals surface area contributed by atoms with Crippen LogP contribution in [0.5, 0.6) is 0 Å². The number of benzene rings is 2. The van der Waals surface area contributed by atoms with Crippen LogP contribution < -0.4 is 5.32 Å². The quantitative estimate of drug-likeness (QED) is 0.206. The monoisotopic (exact) mass is 420 g/mol. The maximum absolute atomic E-state index is 12.5. The van der Waals surface area contributed by atoms with E-state index in [0.29, 0.717) is 27.9 Å². The van der Waals surface area contributed by atoms with E-state index in [-0.39, 0.29) is 17.3 Å². The number of hydrogen-bond acceptors (Lipinski definition) is 7. The van der Waals surface area contributed by atoms with Gasteiger partial charge < -0.3 is 9.73 Å².